The van der Waals surface area contributed by atoms with Crippen LogP contribution in [0.1, 0.15) is 59.5 Å². The number of carboxylic acids is 1. The number of aliphatic hydroxyl groups excluding tert-OH is 4. The molecule has 0 aliphatic heterocycles. The fourth-order valence-electron chi connectivity index (χ4n) is 2.92. The van der Waals surface area contributed by atoms with Crippen molar-refractivity contribution < 1.29 is 44.7 Å². The molecule has 1 rings (SSSR count). The predicted molar refractivity (Wildman–Crippen MR) is 132 cm³/mol. The van der Waals surface area contributed by atoms with Gasteiger partial charge in [0, 0.05) is 25.7 Å². The van der Waals surface area contributed by atoms with E-state index in [-0.39, 0.29) is 41.2 Å². The van der Waals surface area contributed by atoms with Crippen LogP contribution in [0.2, 0.25) is 0 Å². The third-order valence-corrected chi connectivity index (χ3v) is 4.42. The second-order valence-corrected chi connectivity index (χ2v) is 6.73. The molecule has 0 aliphatic rings. The van der Waals surface area contributed by atoms with Gasteiger partial charge in [0.2, 0.25) is 0 Å². The van der Waals surface area contributed by atoms with Crippen LogP contribution in [-0.4, -0.2) is 95.5 Å². The van der Waals surface area contributed by atoms with Gasteiger partial charge in [-0.05, 0) is 25.0 Å². The first-order valence-corrected chi connectivity index (χ1v) is 11.4. The number of amides is 2. The van der Waals surface area contributed by atoms with Crippen molar-refractivity contribution in [3.05, 3.63) is 22.3 Å². The molecule has 0 saturated carbocycles. The minimum Gasteiger partial charge on any atom is -0.479 e. The van der Waals surface area contributed by atoms with Gasteiger partial charge < -0.3 is 46.2 Å². The van der Waals surface area contributed by atoms with Crippen LogP contribution in [0.4, 0.5) is 5.69 Å². The summed E-state index contributed by atoms with van der Waals surface area (Å²) in [6, 6.07) is 0. The van der Waals surface area contributed by atoms with Crippen LogP contribution in [0.15, 0.2) is 0 Å². The van der Waals surface area contributed by atoms with Crippen LogP contribution >= 0.6 is 0 Å². The summed E-state index contributed by atoms with van der Waals surface area (Å²) in [5, 5.41) is 53.5. The molecule has 2 unspecified atom stereocenters. The standard InChI is InChI=1S/C19H29N3O9.2C2H6/c1-9-14(18(29)21-4-11(25)6-23)10(2)16(20-3)17(31-8-13(27)28)15(9)19(30)22-5-12(26)7-24;2*1-2/h11-12,20,23-26H,4-8H2,1-3H3,(H,21,29)(H,22,30)(H,27,28);2*1-2H3. The number of carbonyl (C=O) groups is 3. The Morgan fingerprint density at radius 3 is 1.63 bits per heavy atom. The number of nitrogens with one attached hydrogen (secondary N) is 3. The monoisotopic (exact) mass is 503 g/mol. The van der Waals surface area contributed by atoms with Crippen molar-refractivity contribution in [2.75, 3.05) is 45.3 Å². The van der Waals surface area contributed by atoms with Gasteiger partial charge in [0.15, 0.2) is 12.4 Å². The molecule has 0 aliphatic carbocycles. The summed E-state index contributed by atoms with van der Waals surface area (Å²) < 4.78 is 5.35. The second-order valence-electron chi connectivity index (χ2n) is 6.73. The van der Waals surface area contributed by atoms with E-state index in [2.05, 4.69) is 16.0 Å². The molecule has 0 fully saturated rings. The predicted octanol–water partition coefficient (Wildman–Crippen LogP) is 0.0269. The van der Waals surface area contributed by atoms with Gasteiger partial charge in [-0.25, -0.2) is 4.79 Å². The van der Waals surface area contributed by atoms with Crippen LogP contribution in [0, 0.1) is 13.8 Å². The molecule has 12 nitrogen and oxygen atoms in total. The van der Waals surface area contributed by atoms with Gasteiger partial charge in [-0.3, -0.25) is 9.59 Å². The lowest BCUT2D eigenvalue weighted by molar-refractivity contribution is -0.139. The van der Waals surface area contributed by atoms with Crippen LogP contribution in [0.25, 0.3) is 0 Å². The Hall–Kier alpha value is -2.93. The molecule has 2 amide bonds. The van der Waals surface area contributed by atoms with Gasteiger partial charge >= 0.3 is 5.97 Å². The van der Waals surface area contributed by atoms with E-state index in [1.54, 1.807) is 6.92 Å². The topological polar surface area (TPSA) is 198 Å². The summed E-state index contributed by atoms with van der Waals surface area (Å²) in [6.45, 7) is 8.63. The van der Waals surface area contributed by atoms with E-state index in [1.165, 1.54) is 14.0 Å². The highest BCUT2D eigenvalue weighted by Gasteiger charge is 2.28. The quantitative estimate of drug-likeness (QED) is 0.192. The lowest BCUT2D eigenvalue weighted by Crippen LogP contribution is -2.36. The van der Waals surface area contributed by atoms with Gasteiger partial charge in [0.05, 0.1) is 36.7 Å². The first-order valence-electron chi connectivity index (χ1n) is 11.4. The molecule has 12 heteroatoms. The molecule has 0 bridgehead atoms. The van der Waals surface area contributed by atoms with Crippen molar-refractivity contribution in [2.45, 2.75) is 53.8 Å². The maximum Gasteiger partial charge on any atom is 0.341 e. The number of benzene rings is 1. The third-order valence-electron chi connectivity index (χ3n) is 4.42. The lowest BCUT2D eigenvalue weighted by atomic mass is 9.93. The van der Waals surface area contributed by atoms with Crippen molar-refractivity contribution >= 4 is 23.5 Å². The normalized spacial score (nSPS) is 11.5. The van der Waals surface area contributed by atoms with Crippen LogP contribution in [0.5, 0.6) is 5.75 Å². The summed E-state index contributed by atoms with van der Waals surface area (Å²) in [6.07, 6.45) is -2.39. The molecule has 0 aromatic heterocycles. The zero-order valence-electron chi connectivity index (χ0n) is 21.6. The van der Waals surface area contributed by atoms with E-state index in [4.69, 9.17) is 20.1 Å². The lowest BCUT2D eigenvalue weighted by Gasteiger charge is -2.23. The third kappa shape index (κ3) is 10.5. The Morgan fingerprint density at radius 2 is 1.26 bits per heavy atom. The fraction of sp³-hybridized carbons (Fsp3) is 0.609. The van der Waals surface area contributed by atoms with Gasteiger partial charge in [-0.1, -0.05) is 27.7 Å². The number of aliphatic hydroxyl groups is 4. The van der Waals surface area contributed by atoms with Crippen LogP contribution in [-0.2, 0) is 4.79 Å². The summed E-state index contributed by atoms with van der Waals surface area (Å²) in [5.41, 5.74) is 0.693. The Morgan fingerprint density at radius 1 is 0.829 bits per heavy atom. The molecular weight excluding hydrogens is 462 g/mol. The molecule has 0 heterocycles. The average molecular weight is 504 g/mol. The number of carboxylic acid groups (broad SMARTS) is 1. The number of anilines is 1. The Labute approximate surface area is 206 Å². The fourth-order valence-corrected chi connectivity index (χ4v) is 2.92. The van der Waals surface area contributed by atoms with Crippen molar-refractivity contribution in [2.24, 2.45) is 0 Å². The largest absolute Gasteiger partial charge is 0.479 e. The molecule has 8 N–H and O–H groups in total. The van der Waals surface area contributed by atoms with Crippen LogP contribution < -0.4 is 20.7 Å². The Kier molecular flexibility index (Phi) is 18.0. The molecule has 0 saturated heterocycles. The maximum atomic E-state index is 12.9. The van der Waals surface area contributed by atoms with Crippen LogP contribution in [0.3, 0.4) is 0 Å². The molecule has 202 valence electrons. The zero-order chi connectivity index (χ0) is 27.7. The highest BCUT2D eigenvalue weighted by molar-refractivity contribution is 6.07. The summed E-state index contributed by atoms with van der Waals surface area (Å²) in [5.74, 6) is -2.76. The maximum absolute atomic E-state index is 12.9. The highest BCUT2D eigenvalue weighted by Crippen LogP contribution is 2.38. The van der Waals surface area contributed by atoms with E-state index >= 15 is 0 Å². The van der Waals surface area contributed by atoms with E-state index < -0.39 is 49.8 Å². The summed E-state index contributed by atoms with van der Waals surface area (Å²) >= 11 is 0. The summed E-state index contributed by atoms with van der Waals surface area (Å²) in [4.78, 5) is 36.6. The SMILES string of the molecule is CC.CC.CNc1c(C)c(C(=O)NCC(O)CO)c(C)c(C(=O)NCC(O)CO)c1OCC(=O)O. The zero-order valence-corrected chi connectivity index (χ0v) is 21.6. The van der Waals surface area contributed by atoms with Gasteiger partial charge in [0.1, 0.15) is 0 Å². The first-order chi connectivity index (χ1) is 16.6. The number of ether oxygens (including phenoxy) is 1. The number of aliphatic carboxylic acids is 1. The average Bonchev–Trinajstić information content (AvgIpc) is 2.86. The first kappa shape index (κ1) is 34.2. The molecule has 35 heavy (non-hydrogen) atoms. The number of carbonyl (C=O) groups excluding carboxylic acids is 2. The van der Waals surface area contributed by atoms with Crippen molar-refractivity contribution in [3.63, 3.8) is 0 Å². The van der Waals surface area contributed by atoms with E-state index in [9.17, 15) is 24.6 Å². The molecule has 1 aromatic carbocycles. The smallest absolute Gasteiger partial charge is 0.341 e. The van der Waals surface area contributed by atoms with E-state index in [0.717, 1.165) is 0 Å². The van der Waals surface area contributed by atoms with E-state index in [0.29, 0.717) is 5.56 Å². The van der Waals surface area contributed by atoms with E-state index in [1.807, 2.05) is 27.7 Å². The van der Waals surface area contributed by atoms with Gasteiger partial charge in [-0.2, -0.15) is 0 Å². The number of rotatable bonds is 12. The second kappa shape index (κ2) is 18.4. The molecule has 2 atom stereocenters. The number of hydrogen-bond donors (Lipinski definition) is 8. The molecule has 0 spiro atoms. The molecule has 1 aromatic rings. The van der Waals surface area contributed by atoms with Crippen molar-refractivity contribution in [1.82, 2.24) is 10.6 Å². The Balaban J connectivity index is 0. The molecular formula is C23H41N3O9. The van der Waals surface area contributed by atoms with Gasteiger partial charge in [0.25, 0.3) is 11.8 Å². The molecule has 0 radical (unpaired) electrons. The number of hydrogen-bond acceptors (Lipinski definition) is 9. The van der Waals surface area contributed by atoms with Gasteiger partial charge in [-0.15, -0.1) is 0 Å². The highest BCUT2D eigenvalue weighted by atomic mass is 16.5. The summed E-state index contributed by atoms with van der Waals surface area (Å²) in [7, 11) is 1.50. The minimum atomic E-state index is -1.28. The Bertz CT molecular complexity index is 816. The minimum absolute atomic E-state index is 0.0880. The van der Waals surface area contributed by atoms with Crippen molar-refractivity contribution in [3.8, 4) is 5.75 Å². The van der Waals surface area contributed by atoms with Crippen molar-refractivity contribution in [1.29, 1.82) is 0 Å².